The highest BCUT2D eigenvalue weighted by Gasteiger charge is 2.14. The molecule has 6 nitrogen and oxygen atoms in total. The second-order valence-corrected chi connectivity index (χ2v) is 3.98. The van der Waals surface area contributed by atoms with Crippen LogP contribution in [0.1, 0.15) is 13.3 Å². The molecule has 0 aliphatic rings. The minimum atomic E-state index is 0.688. The molecule has 0 atom stereocenters. The number of nitrogens with zero attached hydrogens (tertiary/aromatic N) is 5. The first kappa shape index (κ1) is 10.8. The van der Waals surface area contributed by atoms with Crippen molar-refractivity contribution in [2.75, 3.05) is 11.6 Å². The Kier molecular flexibility index (Phi) is 2.68. The second-order valence-electron chi connectivity index (χ2n) is 3.98. The molecule has 0 saturated heterocycles. The average molecular weight is 242 g/mol. The third kappa shape index (κ3) is 1.71. The van der Waals surface area contributed by atoms with E-state index in [2.05, 4.69) is 31.9 Å². The van der Waals surface area contributed by atoms with Crippen LogP contribution >= 0.6 is 0 Å². The SMILES string of the molecule is CCCN(c1ncnc2nc[nH]c12)n1cccc1. The van der Waals surface area contributed by atoms with Crippen LogP contribution in [0.3, 0.4) is 0 Å². The zero-order valence-corrected chi connectivity index (χ0v) is 10.1. The van der Waals surface area contributed by atoms with Crippen LogP contribution < -0.4 is 5.01 Å². The molecule has 0 aliphatic heterocycles. The van der Waals surface area contributed by atoms with Gasteiger partial charge in [0.15, 0.2) is 11.5 Å². The van der Waals surface area contributed by atoms with Gasteiger partial charge in [-0.05, 0) is 18.6 Å². The molecule has 0 unspecified atom stereocenters. The molecule has 3 heterocycles. The quantitative estimate of drug-likeness (QED) is 0.758. The average Bonchev–Trinajstić information content (AvgIpc) is 3.06. The van der Waals surface area contributed by atoms with Gasteiger partial charge in [0, 0.05) is 18.9 Å². The minimum Gasteiger partial charge on any atom is -0.340 e. The maximum absolute atomic E-state index is 4.38. The second kappa shape index (κ2) is 4.48. The fraction of sp³-hybridized carbons (Fsp3) is 0.250. The lowest BCUT2D eigenvalue weighted by molar-refractivity contribution is 0.670. The molecule has 0 spiro atoms. The Morgan fingerprint density at radius 3 is 2.83 bits per heavy atom. The van der Waals surface area contributed by atoms with Crippen LogP contribution in [0.5, 0.6) is 0 Å². The van der Waals surface area contributed by atoms with Crippen molar-refractivity contribution in [3.63, 3.8) is 0 Å². The number of imidazole rings is 1. The van der Waals surface area contributed by atoms with Gasteiger partial charge in [-0.25, -0.2) is 15.0 Å². The van der Waals surface area contributed by atoms with Crippen LogP contribution in [0.2, 0.25) is 0 Å². The minimum absolute atomic E-state index is 0.688. The fourth-order valence-electron chi connectivity index (χ4n) is 1.98. The standard InChI is InChI=1S/C12H14N6/c1-2-5-18(17-6-3-4-7-17)12-10-11(14-8-13-10)15-9-16-12/h3-4,6-9H,2,5H2,1H3,(H,13,14,15,16). The van der Waals surface area contributed by atoms with Crippen molar-refractivity contribution in [3.05, 3.63) is 37.2 Å². The van der Waals surface area contributed by atoms with Crippen molar-refractivity contribution < 1.29 is 0 Å². The Morgan fingerprint density at radius 2 is 2.06 bits per heavy atom. The molecule has 0 amide bonds. The summed E-state index contributed by atoms with van der Waals surface area (Å²) >= 11 is 0. The smallest absolute Gasteiger partial charge is 0.182 e. The highest BCUT2D eigenvalue weighted by Crippen LogP contribution is 2.20. The Bertz CT molecular complexity index is 627. The maximum Gasteiger partial charge on any atom is 0.182 e. The predicted octanol–water partition coefficient (Wildman–Crippen LogP) is 1.83. The van der Waals surface area contributed by atoms with Crippen LogP contribution in [-0.4, -0.2) is 31.2 Å². The van der Waals surface area contributed by atoms with E-state index in [1.807, 2.05) is 29.2 Å². The van der Waals surface area contributed by atoms with Crippen molar-refractivity contribution in [2.45, 2.75) is 13.3 Å². The Labute approximate surface area is 104 Å². The molecule has 0 radical (unpaired) electrons. The van der Waals surface area contributed by atoms with Gasteiger partial charge < -0.3 is 4.98 Å². The molecular formula is C12H14N6. The molecule has 6 heteroatoms. The summed E-state index contributed by atoms with van der Waals surface area (Å²) in [5.74, 6) is 0.843. The van der Waals surface area contributed by atoms with Crippen molar-refractivity contribution in [3.8, 4) is 0 Å². The predicted molar refractivity (Wildman–Crippen MR) is 69.2 cm³/mol. The number of H-pyrrole nitrogens is 1. The number of hydrogen-bond donors (Lipinski definition) is 1. The molecule has 3 aromatic heterocycles. The number of rotatable bonds is 4. The van der Waals surface area contributed by atoms with Crippen molar-refractivity contribution in [2.24, 2.45) is 0 Å². The van der Waals surface area contributed by atoms with Crippen LogP contribution in [-0.2, 0) is 0 Å². The van der Waals surface area contributed by atoms with Gasteiger partial charge in [0.1, 0.15) is 11.8 Å². The highest BCUT2D eigenvalue weighted by atomic mass is 15.6. The van der Waals surface area contributed by atoms with Gasteiger partial charge in [-0.2, -0.15) is 0 Å². The first-order valence-corrected chi connectivity index (χ1v) is 5.95. The number of aromatic amines is 1. The van der Waals surface area contributed by atoms with Gasteiger partial charge in [-0.3, -0.25) is 9.69 Å². The molecule has 0 aliphatic carbocycles. The van der Waals surface area contributed by atoms with E-state index >= 15 is 0 Å². The lowest BCUT2D eigenvalue weighted by atomic mass is 10.4. The first-order chi connectivity index (χ1) is 8.90. The molecule has 3 aromatic rings. The number of aromatic nitrogens is 5. The van der Waals surface area contributed by atoms with Gasteiger partial charge in [-0.1, -0.05) is 6.92 Å². The molecule has 0 bridgehead atoms. The van der Waals surface area contributed by atoms with E-state index in [0.717, 1.165) is 24.3 Å². The van der Waals surface area contributed by atoms with E-state index in [1.54, 1.807) is 12.7 Å². The Morgan fingerprint density at radius 1 is 1.22 bits per heavy atom. The summed E-state index contributed by atoms with van der Waals surface area (Å²) < 4.78 is 2.02. The highest BCUT2D eigenvalue weighted by molar-refractivity contribution is 5.82. The third-order valence-corrected chi connectivity index (χ3v) is 2.75. The number of nitrogens with one attached hydrogen (secondary N) is 1. The summed E-state index contributed by atoms with van der Waals surface area (Å²) in [6, 6.07) is 3.99. The fourth-order valence-corrected chi connectivity index (χ4v) is 1.98. The molecule has 0 aromatic carbocycles. The van der Waals surface area contributed by atoms with E-state index in [1.165, 1.54) is 0 Å². The van der Waals surface area contributed by atoms with Gasteiger partial charge in [0.05, 0.1) is 6.33 Å². The van der Waals surface area contributed by atoms with Gasteiger partial charge in [-0.15, -0.1) is 0 Å². The van der Waals surface area contributed by atoms with Crippen LogP contribution in [0.15, 0.2) is 37.2 Å². The van der Waals surface area contributed by atoms with E-state index < -0.39 is 0 Å². The topological polar surface area (TPSA) is 62.6 Å². The lowest BCUT2D eigenvalue weighted by Gasteiger charge is -2.24. The van der Waals surface area contributed by atoms with Crippen molar-refractivity contribution >= 4 is 17.0 Å². The van der Waals surface area contributed by atoms with Crippen LogP contribution in [0.25, 0.3) is 11.2 Å². The molecule has 18 heavy (non-hydrogen) atoms. The molecule has 1 N–H and O–H groups in total. The third-order valence-electron chi connectivity index (χ3n) is 2.75. The summed E-state index contributed by atoms with van der Waals surface area (Å²) in [5.41, 5.74) is 1.55. The first-order valence-electron chi connectivity index (χ1n) is 5.95. The molecule has 92 valence electrons. The van der Waals surface area contributed by atoms with Crippen molar-refractivity contribution in [1.29, 1.82) is 0 Å². The summed E-state index contributed by atoms with van der Waals surface area (Å²) in [6.45, 7) is 3.02. The maximum atomic E-state index is 4.38. The largest absolute Gasteiger partial charge is 0.340 e. The number of anilines is 1. The van der Waals surface area contributed by atoms with Crippen molar-refractivity contribution in [1.82, 2.24) is 24.6 Å². The molecular weight excluding hydrogens is 228 g/mol. The lowest BCUT2D eigenvalue weighted by Crippen LogP contribution is -2.30. The van der Waals surface area contributed by atoms with E-state index in [4.69, 9.17) is 0 Å². The van der Waals surface area contributed by atoms with E-state index in [-0.39, 0.29) is 0 Å². The number of hydrogen-bond acceptors (Lipinski definition) is 4. The van der Waals surface area contributed by atoms with Gasteiger partial charge >= 0.3 is 0 Å². The molecule has 3 rings (SSSR count). The normalized spacial score (nSPS) is 10.9. The summed E-state index contributed by atoms with van der Waals surface area (Å²) in [7, 11) is 0. The Balaban J connectivity index is 2.12. The molecule has 0 fully saturated rings. The Hall–Kier alpha value is -2.37. The van der Waals surface area contributed by atoms with Gasteiger partial charge in [0.25, 0.3) is 0 Å². The summed E-state index contributed by atoms with van der Waals surface area (Å²) in [5, 5.41) is 2.10. The zero-order valence-electron chi connectivity index (χ0n) is 10.1. The summed E-state index contributed by atoms with van der Waals surface area (Å²) in [4.78, 5) is 15.8. The van der Waals surface area contributed by atoms with Crippen LogP contribution in [0, 0.1) is 0 Å². The van der Waals surface area contributed by atoms with E-state index in [0.29, 0.717) is 5.65 Å². The zero-order chi connectivity index (χ0) is 12.4. The summed E-state index contributed by atoms with van der Waals surface area (Å²) in [6.07, 6.45) is 8.21. The van der Waals surface area contributed by atoms with Gasteiger partial charge in [0.2, 0.25) is 0 Å². The van der Waals surface area contributed by atoms with E-state index in [9.17, 15) is 0 Å². The number of fused-ring (bicyclic) bond motifs is 1. The monoisotopic (exact) mass is 242 g/mol. The van der Waals surface area contributed by atoms with Crippen LogP contribution in [0.4, 0.5) is 5.82 Å². The molecule has 0 saturated carbocycles.